The average molecular weight is 467 g/mol. The van der Waals surface area contributed by atoms with Crippen LogP contribution >= 0.6 is 0 Å². The third kappa shape index (κ3) is 0.116. The molecule has 1 spiro atoms. The topological polar surface area (TPSA) is 34.1 Å². The molecule has 0 saturated carbocycles. The van der Waals surface area contributed by atoms with Crippen LogP contribution < -0.4 is 0 Å². The molecular weight excluding hydrogens is 450 g/mol. The molecule has 1 aromatic rings. The number of fused-ring (bicyclic) bond motifs is 10. The molecule has 0 aromatic heterocycles. The van der Waals surface area contributed by atoms with E-state index in [1.807, 2.05) is 30.3 Å². The van der Waals surface area contributed by atoms with Gasteiger partial charge in [0, 0.05) is 0 Å². The van der Waals surface area contributed by atoms with Gasteiger partial charge >= 0.3 is 116 Å². The molecule has 10 aliphatic heterocycles. The van der Waals surface area contributed by atoms with Gasteiger partial charge in [0.15, 0.2) is 0 Å². The molecule has 0 radical (unpaired) electrons. The van der Waals surface area contributed by atoms with Gasteiger partial charge in [-0.3, -0.25) is 0 Å². The molecular formula is C19H16O2Os. The fourth-order valence-electron chi connectivity index (χ4n) is 18.0. The number of carbonyl (C=O) groups excluding carboxylic acids is 2. The van der Waals surface area contributed by atoms with Gasteiger partial charge in [-0.05, 0) is 0 Å². The van der Waals surface area contributed by atoms with Crippen molar-refractivity contribution in [2.45, 2.75) is 50.6 Å². The number of carbonyl (C=O) groups is 2. The Labute approximate surface area is 115 Å². The number of hydrogen-bond acceptors (Lipinski definition) is 2. The number of rotatable bonds is 4. The first-order valence-corrected chi connectivity index (χ1v) is 23.3. The Balaban J connectivity index is 1.17. The van der Waals surface area contributed by atoms with Gasteiger partial charge in [-0.25, -0.2) is 0 Å². The summed E-state index contributed by atoms with van der Waals surface area (Å²) in [4.78, 5) is 26.0. The Hall–Kier alpha value is -0.804. The van der Waals surface area contributed by atoms with Crippen LogP contribution in [0.1, 0.15) is 16.8 Å². The van der Waals surface area contributed by atoms with Crippen LogP contribution in [0.3, 0.4) is 0 Å². The maximum atomic E-state index is 13.4. The molecule has 4 atom stereocenters. The Morgan fingerprint density at radius 1 is 0.864 bits per heavy atom. The molecule has 0 amide bonds. The molecule has 3 heteroatoms. The number of hydrogen-bond donors (Lipinski definition) is 0. The van der Waals surface area contributed by atoms with Crippen molar-refractivity contribution in [3.05, 3.63) is 35.9 Å². The van der Waals surface area contributed by atoms with Crippen molar-refractivity contribution >= 4 is 11.6 Å². The van der Waals surface area contributed by atoms with E-state index in [9.17, 15) is 9.59 Å². The van der Waals surface area contributed by atoms with E-state index in [4.69, 9.17) is 0 Å². The molecule has 4 unspecified atom stereocenters. The Bertz CT molecular complexity index is 1230. The van der Waals surface area contributed by atoms with E-state index in [1.54, 1.807) is 0 Å². The van der Waals surface area contributed by atoms with Crippen LogP contribution in [0.15, 0.2) is 30.3 Å². The zero-order valence-corrected chi connectivity index (χ0v) is 14.5. The van der Waals surface area contributed by atoms with Gasteiger partial charge in [0.1, 0.15) is 0 Å². The van der Waals surface area contributed by atoms with Crippen LogP contribution in [-0.4, -0.2) is 11.6 Å². The molecule has 0 N–H and O–H groups in total. The molecule has 10 fully saturated rings. The van der Waals surface area contributed by atoms with E-state index < -0.39 is 7.88 Å². The van der Waals surface area contributed by atoms with E-state index in [0.29, 0.717) is 5.78 Å². The Morgan fingerprint density at radius 3 is 1.82 bits per heavy atom. The summed E-state index contributed by atoms with van der Waals surface area (Å²) in [7, 11) is -3.77. The van der Waals surface area contributed by atoms with Gasteiger partial charge in [-0.2, -0.15) is 0 Å². The minimum atomic E-state index is -3.77. The summed E-state index contributed by atoms with van der Waals surface area (Å²) in [5.74, 6) is 0.567. The predicted octanol–water partition coefficient (Wildman–Crippen LogP) is 4.59. The second-order valence-corrected chi connectivity index (χ2v) is 66.3. The van der Waals surface area contributed by atoms with Crippen LogP contribution in [0.4, 0.5) is 0 Å². The standard InChI is InChI=1S/C14H11O2.C5H5.Os/c15-13(11-6-2-1-3-7-11)10-14(16)12-8-4-5-9-12;1-2-4-5-3-1;/h1-9H,10H2;1-5H;. The molecule has 0 bridgehead atoms. The normalized spacial score (nSPS) is 94.3. The van der Waals surface area contributed by atoms with E-state index in [0.717, 1.165) is 14.5 Å². The maximum absolute atomic E-state index is 13.4. The van der Waals surface area contributed by atoms with E-state index in [-0.39, 0.29) is 16.2 Å². The molecule has 10 saturated heterocycles. The Kier molecular flexibility index (Phi) is 0.354. The quantitative estimate of drug-likeness (QED) is 0.481. The average Bonchev–Trinajstić information content (AvgIpc) is 3.48. The summed E-state index contributed by atoms with van der Waals surface area (Å²) in [5.41, 5.74) is 0.742. The zero-order valence-electron chi connectivity index (χ0n) is 12.0. The van der Waals surface area contributed by atoms with Crippen LogP contribution in [-0.2, 0) is 12.7 Å². The molecule has 112 valence electrons. The van der Waals surface area contributed by atoms with Crippen LogP contribution in [0.2, 0.25) is 44.2 Å². The first-order chi connectivity index (χ1) is 10.5. The predicted molar refractivity (Wildman–Crippen MR) is 76.8 cm³/mol. The van der Waals surface area contributed by atoms with Crippen molar-refractivity contribution in [2.24, 2.45) is 0 Å². The summed E-state index contributed by atoms with van der Waals surface area (Å²) in [5, 5.41) is 0. The van der Waals surface area contributed by atoms with Gasteiger partial charge in [0.2, 0.25) is 0 Å². The molecule has 10 heterocycles. The van der Waals surface area contributed by atoms with E-state index >= 15 is 0 Å². The van der Waals surface area contributed by atoms with Crippen molar-refractivity contribution in [1.29, 1.82) is 0 Å². The van der Waals surface area contributed by atoms with Crippen LogP contribution in [0.25, 0.3) is 0 Å². The second kappa shape index (κ2) is 0.876. The van der Waals surface area contributed by atoms with E-state index in [2.05, 4.69) is 0 Å². The third-order valence-electron chi connectivity index (χ3n) is 16.5. The van der Waals surface area contributed by atoms with Crippen molar-refractivity contribution in [3.63, 3.8) is 0 Å². The molecule has 22 heavy (non-hydrogen) atoms. The SMILES string of the molecule is O=C(CC(=O)[C]12[CH]3[CH]4[CH]5[CH]1[Os]45321678[CH]2[CH]1[CH]6[CH]7[CH]28)c1ccccc1. The molecule has 1 aromatic carbocycles. The van der Waals surface area contributed by atoms with Crippen molar-refractivity contribution < 1.29 is 17.5 Å². The molecule has 10 aliphatic rings. The van der Waals surface area contributed by atoms with Crippen molar-refractivity contribution in [2.75, 3.05) is 0 Å². The van der Waals surface area contributed by atoms with Gasteiger partial charge in [0.05, 0.1) is 0 Å². The monoisotopic (exact) mass is 468 g/mol. The van der Waals surface area contributed by atoms with Gasteiger partial charge in [-0.1, -0.05) is 0 Å². The second-order valence-electron chi connectivity index (χ2n) is 12.1. The van der Waals surface area contributed by atoms with Gasteiger partial charge in [0.25, 0.3) is 0 Å². The summed E-state index contributed by atoms with van der Waals surface area (Å²) >= 11 is 0. The molecule has 11 rings (SSSR count). The zero-order chi connectivity index (χ0) is 14.0. The van der Waals surface area contributed by atoms with Gasteiger partial charge < -0.3 is 0 Å². The van der Waals surface area contributed by atoms with Crippen molar-refractivity contribution in [3.8, 4) is 0 Å². The summed E-state index contributed by atoms with van der Waals surface area (Å²) in [6, 6.07) is 9.49. The fourth-order valence-corrected chi connectivity index (χ4v) is 242. The van der Waals surface area contributed by atoms with Crippen LogP contribution in [0.5, 0.6) is 0 Å². The third-order valence-corrected chi connectivity index (χ3v) is 114. The van der Waals surface area contributed by atoms with Gasteiger partial charge in [-0.15, -0.1) is 0 Å². The first kappa shape index (κ1) is 8.88. The number of Topliss-reactive ketones (excluding diaryl/α,β-unsaturated/α-hetero) is 2. The fraction of sp³-hybridized carbons (Fsp3) is 0.579. The summed E-state index contributed by atoms with van der Waals surface area (Å²) < 4.78 is 10.7. The molecule has 0 aliphatic carbocycles. The minimum absolute atomic E-state index is 0.0892. The summed E-state index contributed by atoms with van der Waals surface area (Å²) in [6.07, 6.45) is 0.237. The van der Waals surface area contributed by atoms with Crippen molar-refractivity contribution in [1.82, 2.24) is 0 Å². The number of benzene rings is 1. The summed E-state index contributed by atoms with van der Waals surface area (Å²) in [6.45, 7) is 0. The Morgan fingerprint density at radius 2 is 1.41 bits per heavy atom. The van der Waals surface area contributed by atoms with E-state index in [1.165, 1.54) is 31.3 Å². The number of ketones is 2. The van der Waals surface area contributed by atoms with Crippen LogP contribution in [0, 0.1) is 0 Å². The first-order valence-electron chi connectivity index (χ1n) is 8.78. The molecule has 2 nitrogen and oxygen atoms in total.